The Labute approximate surface area is 118 Å². The van der Waals surface area contributed by atoms with Crippen molar-refractivity contribution in [1.29, 1.82) is 0 Å². The summed E-state index contributed by atoms with van der Waals surface area (Å²) in [6.45, 7) is 1.61. The van der Waals surface area contributed by atoms with Crippen molar-refractivity contribution in [3.05, 3.63) is 12.4 Å². The molecule has 0 radical (unpaired) electrons. The van der Waals surface area contributed by atoms with Crippen LogP contribution < -0.4 is 10.0 Å². The molecule has 1 aliphatic rings. The van der Waals surface area contributed by atoms with E-state index in [2.05, 4.69) is 15.1 Å². The number of thioether (sulfide) groups is 1. The smallest absolute Gasteiger partial charge is 0.243 e. The molecule has 6 nitrogen and oxygen atoms in total. The summed E-state index contributed by atoms with van der Waals surface area (Å²) in [5.41, 5.74) is 0. The normalized spacial score (nSPS) is 19.9. The minimum Gasteiger partial charge on any atom is -0.320 e. The van der Waals surface area contributed by atoms with Crippen molar-refractivity contribution in [2.45, 2.75) is 30.3 Å². The number of hydrogen-bond donors (Lipinski definition) is 2. The second-order valence-corrected chi connectivity index (χ2v) is 7.44. The van der Waals surface area contributed by atoms with Gasteiger partial charge in [0.05, 0.1) is 6.20 Å². The van der Waals surface area contributed by atoms with Gasteiger partial charge < -0.3 is 5.32 Å². The lowest BCUT2D eigenvalue weighted by atomic mass is 10.3. The molecule has 19 heavy (non-hydrogen) atoms. The number of nitrogens with zero attached hydrogens (tertiary/aromatic N) is 2. The zero-order valence-corrected chi connectivity index (χ0v) is 12.6. The highest BCUT2D eigenvalue weighted by Crippen LogP contribution is 2.19. The van der Waals surface area contributed by atoms with Crippen molar-refractivity contribution in [2.75, 3.05) is 25.1 Å². The minimum absolute atomic E-state index is 0.0580. The van der Waals surface area contributed by atoms with Gasteiger partial charge >= 0.3 is 0 Å². The predicted molar refractivity (Wildman–Crippen MR) is 76.8 cm³/mol. The van der Waals surface area contributed by atoms with E-state index in [0.29, 0.717) is 0 Å². The van der Waals surface area contributed by atoms with Crippen molar-refractivity contribution in [1.82, 2.24) is 19.8 Å². The molecule has 1 aliphatic heterocycles. The van der Waals surface area contributed by atoms with Crippen LogP contribution in [0.3, 0.4) is 0 Å². The Morgan fingerprint density at radius 3 is 3.11 bits per heavy atom. The van der Waals surface area contributed by atoms with Crippen molar-refractivity contribution >= 4 is 21.8 Å². The van der Waals surface area contributed by atoms with Gasteiger partial charge in [-0.2, -0.15) is 16.9 Å². The van der Waals surface area contributed by atoms with Crippen LogP contribution >= 0.6 is 11.8 Å². The summed E-state index contributed by atoms with van der Waals surface area (Å²) in [6.07, 6.45) is 4.84. The first-order valence-corrected chi connectivity index (χ1v) is 9.03. The molecule has 1 aromatic rings. The molecule has 1 fully saturated rings. The topological polar surface area (TPSA) is 76.0 Å². The quantitative estimate of drug-likeness (QED) is 0.708. The van der Waals surface area contributed by atoms with Crippen LogP contribution in [-0.4, -0.2) is 49.3 Å². The van der Waals surface area contributed by atoms with Gasteiger partial charge in [-0.05, 0) is 32.2 Å². The molecule has 2 rings (SSSR count). The zero-order chi connectivity index (χ0) is 13.7. The molecule has 1 atom stereocenters. The van der Waals surface area contributed by atoms with Gasteiger partial charge in [-0.3, -0.25) is 4.68 Å². The molecular weight excluding hydrogens is 284 g/mol. The molecule has 108 valence electrons. The summed E-state index contributed by atoms with van der Waals surface area (Å²) in [5.74, 6) is 1.88. The SMILES string of the molecule is CNCCCn1cc(S(=O)(=O)NC2CCSC2)cn1. The molecule has 0 amide bonds. The Morgan fingerprint density at radius 1 is 1.58 bits per heavy atom. The maximum Gasteiger partial charge on any atom is 0.243 e. The van der Waals surface area contributed by atoms with Crippen molar-refractivity contribution in [2.24, 2.45) is 0 Å². The Hall–Kier alpha value is -0.570. The summed E-state index contributed by atoms with van der Waals surface area (Å²) < 4.78 is 28.7. The van der Waals surface area contributed by atoms with Crippen LogP contribution in [0.2, 0.25) is 0 Å². The molecule has 0 spiro atoms. The molecule has 1 aromatic heterocycles. The summed E-state index contributed by atoms with van der Waals surface area (Å²) >= 11 is 1.78. The number of aromatic nitrogens is 2. The Morgan fingerprint density at radius 2 is 2.42 bits per heavy atom. The maximum absolute atomic E-state index is 12.1. The van der Waals surface area contributed by atoms with Crippen LogP contribution in [0.15, 0.2) is 17.3 Å². The van der Waals surface area contributed by atoms with E-state index in [1.54, 1.807) is 22.6 Å². The Kier molecular flexibility index (Phi) is 5.26. The first-order valence-electron chi connectivity index (χ1n) is 6.39. The molecular formula is C11H20N4O2S2. The molecule has 8 heteroatoms. The van der Waals surface area contributed by atoms with Gasteiger partial charge in [0.15, 0.2) is 0 Å². The number of hydrogen-bond acceptors (Lipinski definition) is 5. The van der Waals surface area contributed by atoms with E-state index in [4.69, 9.17) is 0 Å². The fourth-order valence-electron chi connectivity index (χ4n) is 1.94. The van der Waals surface area contributed by atoms with Crippen LogP contribution in [0.5, 0.6) is 0 Å². The summed E-state index contributed by atoms with van der Waals surface area (Å²) in [6, 6.07) is 0.0580. The first-order chi connectivity index (χ1) is 9.12. The number of nitrogens with one attached hydrogen (secondary N) is 2. The monoisotopic (exact) mass is 304 g/mol. The van der Waals surface area contributed by atoms with E-state index >= 15 is 0 Å². The lowest BCUT2D eigenvalue weighted by molar-refractivity contribution is 0.556. The minimum atomic E-state index is -3.42. The van der Waals surface area contributed by atoms with Gasteiger partial charge in [-0.15, -0.1) is 0 Å². The van der Waals surface area contributed by atoms with E-state index in [0.717, 1.165) is 37.4 Å². The average molecular weight is 304 g/mol. The predicted octanol–water partition coefficient (Wildman–Crippen LogP) is 0.276. The number of rotatable bonds is 7. The molecule has 1 unspecified atom stereocenters. The van der Waals surface area contributed by atoms with Gasteiger partial charge in [0.1, 0.15) is 4.90 Å². The van der Waals surface area contributed by atoms with E-state index in [1.165, 1.54) is 6.20 Å². The summed E-state index contributed by atoms with van der Waals surface area (Å²) in [5, 5.41) is 7.14. The molecule has 0 bridgehead atoms. The van der Waals surface area contributed by atoms with E-state index in [-0.39, 0.29) is 10.9 Å². The third-order valence-corrected chi connectivity index (χ3v) is 5.62. The average Bonchev–Trinajstić information content (AvgIpc) is 3.00. The highest BCUT2D eigenvalue weighted by Gasteiger charge is 2.24. The third kappa shape index (κ3) is 4.20. The molecule has 0 aliphatic carbocycles. The number of sulfonamides is 1. The van der Waals surface area contributed by atoms with Gasteiger partial charge in [0.2, 0.25) is 10.0 Å². The van der Waals surface area contributed by atoms with Gasteiger partial charge in [0, 0.05) is 24.5 Å². The van der Waals surface area contributed by atoms with Gasteiger partial charge in [-0.25, -0.2) is 13.1 Å². The highest BCUT2D eigenvalue weighted by molar-refractivity contribution is 7.99. The third-order valence-electron chi connectivity index (χ3n) is 2.99. The van der Waals surface area contributed by atoms with Gasteiger partial charge in [-0.1, -0.05) is 0 Å². The lowest BCUT2D eigenvalue weighted by Crippen LogP contribution is -2.34. The maximum atomic E-state index is 12.1. The van der Waals surface area contributed by atoms with Crippen molar-refractivity contribution in [3.63, 3.8) is 0 Å². The van der Waals surface area contributed by atoms with Crippen LogP contribution in [0, 0.1) is 0 Å². The Balaban J connectivity index is 1.95. The molecule has 1 saturated heterocycles. The standard InChI is InChI=1S/C11H20N4O2S2/c1-12-4-2-5-15-8-11(7-13-15)19(16,17)14-10-3-6-18-9-10/h7-8,10,12,14H,2-6,9H2,1H3. The number of aryl methyl sites for hydroxylation is 1. The largest absolute Gasteiger partial charge is 0.320 e. The van der Waals surface area contributed by atoms with Gasteiger partial charge in [0.25, 0.3) is 0 Å². The summed E-state index contributed by atoms with van der Waals surface area (Å²) in [7, 11) is -1.52. The molecule has 0 aromatic carbocycles. The van der Waals surface area contributed by atoms with Crippen LogP contribution in [0.1, 0.15) is 12.8 Å². The fourth-order valence-corrected chi connectivity index (χ4v) is 4.42. The lowest BCUT2D eigenvalue weighted by Gasteiger charge is -2.10. The van der Waals surface area contributed by atoms with Crippen LogP contribution in [0.25, 0.3) is 0 Å². The van der Waals surface area contributed by atoms with E-state index in [9.17, 15) is 8.42 Å². The second kappa shape index (κ2) is 6.74. The highest BCUT2D eigenvalue weighted by atomic mass is 32.2. The molecule has 0 saturated carbocycles. The second-order valence-electron chi connectivity index (χ2n) is 4.58. The van der Waals surface area contributed by atoms with Crippen LogP contribution in [-0.2, 0) is 16.6 Å². The Bertz CT molecular complexity index is 495. The molecule has 2 heterocycles. The fraction of sp³-hybridized carbons (Fsp3) is 0.727. The van der Waals surface area contributed by atoms with E-state index in [1.807, 2.05) is 7.05 Å². The van der Waals surface area contributed by atoms with Crippen molar-refractivity contribution in [3.8, 4) is 0 Å². The first kappa shape index (κ1) is 14.8. The van der Waals surface area contributed by atoms with Crippen molar-refractivity contribution < 1.29 is 8.42 Å². The zero-order valence-electron chi connectivity index (χ0n) is 11.0. The van der Waals surface area contributed by atoms with Crippen LogP contribution in [0.4, 0.5) is 0 Å². The molecule has 2 N–H and O–H groups in total. The van der Waals surface area contributed by atoms with E-state index < -0.39 is 10.0 Å². The summed E-state index contributed by atoms with van der Waals surface area (Å²) in [4.78, 5) is 0.258.